The van der Waals surface area contributed by atoms with Gasteiger partial charge in [0.25, 0.3) is 0 Å². The lowest BCUT2D eigenvalue weighted by molar-refractivity contribution is -0.907. The molecule has 29 heavy (non-hydrogen) atoms. The number of unbranched alkanes of at least 4 members (excludes halogenated alkanes) is 15. The SMILES string of the molecule is CCCCCCCCCCCCCCCCCC[N+](C)(C)C(Cl)c1ccccc1. The summed E-state index contributed by atoms with van der Waals surface area (Å²) >= 11 is 6.74. The minimum Gasteiger partial charge on any atom is -0.310 e. The summed E-state index contributed by atoms with van der Waals surface area (Å²) in [7, 11) is 4.52. The van der Waals surface area contributed by atoms with Gasteiger partial charge < -0.3 is 4.48 Å². The summed E-state index contributed by atoms with van der Waals surface area (Å²) in [5.41, 5.74) is 1.28. The second kappa shape index (κ2) is 17.2. The molecule has 1 aromatic carbocycles. The number of hydrogen-bond acceptors (Lipinski definition) is 0. The molecule has 0 bridgehead atoms. The van der Waals surface area contributed by atoms with E-state index < -0.39 is 0 Å². The predicted octanol–water partition coefficient (Wildman–Crippen LogP) is 9.26. The number of benzene rings is 1. The fourth-order valence-electron chi connectivity index (χ4n) is 4.20. The molecule has 0 amide bonds. The largest absolute Gasteiger partial charge is 0.310 e. The highest BCUT2D eigenvalue weighted by Gasteiger charge is 2.26. The lowest BCUT2D eigenvalue weighted by atomic mass is 10.0. The molecule has 168 valence electrons. The van der Waals surface area contributed by atoms with Crippen molar-refractivity contribution in [2.75, 3.05) is 20.6 Å². The van der Waals surface area contributed by atoms with Gasteiger partial charge in [0, 0.05) is 5.56 Å². The van der Waals surface area contributed by atoms with E-state index in [1.54, 1.807) is 0 Å². The average Bonchev–Trinajstić information content (AvgIpc) is 2.73. The fourth-order valence-corrected chi connectivity index (χ4v) is 4.44. The number of hydrogen-bond donors (Lipinski definition) is 0. The quantitative estimate of drug-likeness (QED) is 0.0901. The molecule has 1 rings (SSSR count). The van der Waals surface area contributed by atoms with Crippen molar-refractivity contribution in [3.8, 4) is 0 Å². The number of quaternary nitrogens is 1. The number of halogens is 1. The summed E-state index contributed by atoms with van der Waals surface area (Å²) in [6, 6.07) is 10.5. The summed E-state index contributed by atoms with van der Waals surface area (Å²) in [5, 5.41) is 0. The second-order valence-electron chi connectivity index (χ2n) is 9.55. The molecule has 0 saturated heterocycles. The molecule has 2 heteroatoms. The van der Waals surface area contributed by atoms with Crippen LogP contribution >= 0.6 is 11.6 Å². The van der Waals surface area contributed by atoms with E-state index in [1.807, 2.05) is 0 Å². The van der Waals surface area contributed by atoms with Crippen molar-refractivity contribution in [3.63, 3.8) is 0 Å². The third kappa shape index (κ3) is 13.4. The minimum absolute atomic E-state index is 0.0486. The van der Waals surface area contributed by atoms with Crippen LogP contribution in [0.5, 0.6) is 0 Å². The van der Waals surface area contributed by atoms with E-state index in [2.05, 4.69) is 51.4 Å². The lowest BCUT2D eigenvalue weighted by Crippen LogP contribution is -2.41. The van der Waals surface area contributed by atoms with Crippen LogP contribution in [0.15, 0.2) is 30.3 Å². The van der Waals surface area contributed by atoms with Gasteiger partial charge in [-0.3, -0.25) is 0 Å². The maximum absolute atomic E-state index is 6.74. The Bertz CT molecular complexity index is 471. The maximum Gasteiger partial charge on any atom is 0.190 e. The van der Waals surface area contributed by atoms with Crippen molar-refractivity contribution in [2.24, 2.45) is 0 Å². The second-order valence-corrected chi connectivity index (χ2v) is 9.97. The van der Waals surface area contributed by atoms with Gasteiger partial charge in [-0.05, 0) is 12.8 Å². The Balaban J connectivity index is 1.89. The molecule has 0 saturated carbocycles. The summed E-state index contributed by atoms with van der Waals surface area (Å²) in [5.74, 6) is 0. The minimum atomic E-state index is 0.0486. The van der Waals surface area contributed by atoms with Crippen LogP contribution in [0.3, 0.4) is 0 Å². The molecule has 0 radical (unpaired) electrons. The highest BCUT2D eigenvalue weighted by atomic mass is 35.5. The Morgan fingerprint density at radius 2 is 1.00 bits per heavy atom. The molecule has 1 atom stereocenters. The zero-order valence-electron chi connectivity index (χ0n) is 19.8. The van der Waals surface area contributed by atoms with E-state index in [0.717, 1.165) is 11.0 Å². The van der Waals surface area contributed by atoms with Crippen molar-refractivity contribution in [3.05, 3.63) is 35.9 Å². The van der Waals surface area contributed by atoms with Gasteiger partial charge in [-0.25, -0.2) is 0 Å². The molecule has 0 aliphatic rings. The first-order chi connectivity index (χ1) is 14.1. The van der Waals surface area contributed by atoms with Crippen LogP contribution < -0.4 is 0 Å². The van der Waals surface area contributed by atoms with E-state index in [-0.39, 0.29) is 5.50 Å². The molecule has 1 nitrogen and oxygen atoms in total. The van der Waals surface area contributed by atoms with Crippen LogP contribution in [0.4, 0.5) is 0 Å². The third-order valence-electron chi connectivity index (χ3n) is 6.28. The van der Waals surface area contributed by atoms with Crippen LogP contribution in [-0.2, 0) is 0 Å². The lowest BCUT2D eigenvalue weighted by Gasteiger charge is -2.34. The number of nitrogens with zero attached hydrogens (tertiary/aromatic N) is 1. The van der Waals surface area contributed by atoms with Gasteiger partial charge >= 0.3 is 0 Å². The Morgan fingerprint density at radius 1 is 0.621 bits per heavy atom. The van der Waals surface area contributed by atoms with Gasteiger partial charge in [-0.2, -0.15) is 0 Å². The zero-order valence-corrected chi connectivity index (χ0v) is 20.6. The summed E-state index contributed by atoms with van der Waals surface area (Å²) in [6.45, 7) is 3.45. The molecule has 0 heterocycles. The fraction of sp³-hybridized carbons (Fsp3) is 0.778. The van der Waals surface area contributed by atoms with Gasteiger partial charge in [0.15, 0.2) is 5.50 Å². The van der Waals surface area contributed by atoms with Gasteiger partial charge in [0.1, 0.15) is 0 Å². The summed E-state index contributed by atoms with van der Waals surface area (Å²) < 4.78 is 0.865. The molecule has 0 aliphatic heterocycles. The Morgan fingerprint density at radius 3 is 1.41 bits per heavy atom. The monoisotopic (exact) mass is 422 g/mol. The number of alkyl halides is 1. The van der Waals surface area contributed by atoms with Crippen LogP contribution in [0.2, 0.25) is 0 Å². The van der Waals surface area contributed by atoms with Crippen molar-refractivity contribution in [2.45, 2.75) is 115 Å². The summed E-state index contributed by atoms with van der Waals surface area (Å²) in [6.07, 6.45) is 22.7. The highest BCUT2D eigenvalue weighted by Crippen LogP contribution is 2.29. The van der Waals surface area contributed by atoms with E-state index in [4.69, 9.17) is 11.6 Å². The molecule has 1 unspecified atom stereocenters. The Hall–Kier alpha value is -0.530. The first-order valence-corrected chi connectivity index (χ1v) is 13.0. The topological polar surface area (TPSA) is 0 Å². The average molecular weight is 423 g/mol. The number of rotatable bonds is 19. The van der Waals surface area contributed by atoms with Gasteiger partial charge in [-0.1, -0.05) is 139 Å². The smallest absolute Gasteiger partial charge is 0.190 e. The molecular formula is C27H49ClN+. The van der Waals surface area contributed by atoms with Crippen molar-refractivity contribution in [1.29, 1.82) is 0 Å². The normalized spacial score (nSPS) is 13.0. The van der Waals surface area contributed by atoms with Gasteiger partial charge in [0.05, 0.1) is 20.6 Å². The predicted molar refractivity (Wildman–Crippen MR) is 132 cm³/mol. The van der Waals surface area contributed by atoms with Gasteiger partial charge in [-0.15, -0.1) is 0 Å². The van der Waals surface area contributed by atoms with Crippen molar-refractivity contribution < 1.29 is 4.48 Å². The van der Waals surface area contributed by atoms with Crippen LogP contribution in [0.25, 0.3) is 0 Å². The molecule has 0 fully saturated rings. The van der Waals surface area contributed by atoms with Crippen molar-refractivity contribution in [1.82, 2.24) is 0 Å². The van der Waals surface area contributed by atoms with E-state index in [9.17, 15) is 0 Å². The van der Waals surface area contributed by atoms with Crippen LogP contribution in [-0.4, -0.2) is 25.1 Å². The molecule has 1 aromatic rings. The zero-order chi connectivity index (χ0) is 21.2. The first-order valence-electron chi connectivity index (χ1n) is 12.6. The van der Waals surface area contributed by atoms with E-state index in [1.165, 1.54) is 108 Å². The first kappa shape index (κ1) is 26.5. The van der Waals surface area contributed by atoms with Crippen LogP contribution in [0.1, 0.15) is 121 Å². The standard InChI is InChI=1S/C27H49ClN/c1-4-5-6-7-8-9-10-11-12-13-14-15-16-17-18-22-25-29(2,3)27(28)26-23-20-19-21-24-26/h19-21,23-24,27H,4-18,22,25H2,1-3H3/q+1. The summed E-state index contributed by atoms with van der Waals surface area (Å²) in [4.78, 5) is 0. The maximum atomic E-state index is 6.74. The van der Waals surface area contributed by atoms with Crippen LogP contribution in [0, 0.1) is 0 Å². The molecule has 0 aromatic heterocycles. The molecule has 0 aliphatic carbocycles. The molecule has 0 N–H and O–H groups in total. The Kier molecular flexibility index (Phi) is 15.7. The third-order valence-corrected chi connectivity index (χ3v) is 7.06. The molecule has 0 spiro atoms. The Labute approximate surface area is 187 Å². The van der Waals surface area contributed by atoms with E-state index in [0.29, 0.717) is 0 Å². The molecular weight excluding hydrogens is 374 g/mol. The van der Waals surface area contributed by atoms with Crippen molar-refractivity contribution >= 4 is 11.6 Å². The van der Waals surface area contributed by atoms with E-state index >= 15 is 0 Å². The highest BCUT2D eigenvalue weighted by molar-refractivity contribution is 6.19. The van der Waals surface area contributed by atoms with Gasteiger partial charge in [0.2, 0.25) is 0 Å².